The fraction of sp³-hybridized carbons (Fsp3) is 0.600. The van der Waals surface area contributed by atoms with Crippen molar-refractivity contribution in [2.75, 3.05) is 7.05 Å². The second-order valence-corrected chi connectivity index (χ2v) is 5.34. The largest absolute Gasteiger partial charge is 0.573 e. The molecule has 1 fully saturated rings. The quantitative estimate of drug-likeness (QED) is 0.886. The van der Waals surface area contributed by atoms with Gasteiger partial charge >= 0.3 is 6.36 Å². The van der Waals surface area contributed by atoms with E-state index in [0.29, 0.717) is 12.0 Å². The zero-order chi connectivity index (χ0) is 14.6. The normalized spacial score (nSPS) is 18.2. The van der Waals surface area contributed by atoms with Gasteiger partial charge in [0.05, 0.1) is 0 Å². The SMILES string of the molecule is CNC(Cc1ccc(OC(F)(F)F)cc1)C1CCCC1. The number of ether oxygens (including phenoxy) is 1. The third-order valence-electron chi connectivity index (χ3n) is 3.95. The summed E-state index contributed by atoms with van der Waals surface area (Å²) in [5.41, 5.74) is 1.03. The van der Waals surface area contributed by atoms with Gasteiger partial charge in [-0.15, -0.1) is 13.2 Å². The number of alkyl halides is 3. The fourth-order valence-electron chi connectivity index (χ4n) is 2.95. The number of nitrogens with one attached hydrogen (secondary N) is 1. The fourth-order valence-corrected chi connectivity index (χ4v) is 2.95. The molecule has 5 heteroatoms. The van der Waals surface area contributed by atoms with E-state index in [-0.39, 0.29) is 5.75 Å². The minimum Gasteiger partial charge on any atom is -0.406 e. The first-order chi connectivity index (χ1) is 9.48. The molecule has 1 aromatic rings. The monoisotopic (exact) mass is 287 g/mol. The average Bonchev–Trinajstić information content (AvgIpc) is 2.90. The van der Waals surface area contributed by atoms with Gasteiger partial charge in [0.15, 0.2) is 0 Å². The Bertz CT molecular complexity index is 410. The van der Waals surface area contributed by atoms with E-state index in [4.69, 9.17) is 0 Å². The molecule has 2 rings (SSSR count). The molecule has 112 valence electrons. The highest BCUT2D eigenvalue weighted by Gasteiger charge is 2.31. The van der Waals surface area contributed by atoms with Crippen molar-refractivity contribution in [2.24, 2.45) is 5.92 Å². The van der Waals surface area contributed by atoms with Crippen LogP contribution >= 0.6 is 0 Å². The molecule has 1 unspecified atom stereocenters. The van der Waals surface area contributed by atoms with Gasteiger partial charge in [0.25, 0.3) is 0 Å². The van der Waals surface area contributed by atoms with Crippen LogP contribution in [0.1, 0.15) is 31.2 Å². The van der Waals surface area contributed by atoms with Crippen LogP contribution in [0.3, 0.4) is 0 Å². The van der Waals surface area contributed by atoms with Gasteiger partial charge in [0, 0.05) is 6.04 Å². The lowest BCUT2D eigenvalue weighted by atomic mass is 9.92. The van der Waals surface area contributed by atoms with Crippen LogP contribution < -0.4 is 10.1 Å². The lowest BCUT2D eigenvalue weighted by molar-refractivity contribution is -0.274. The van der Waals surface area contributed by atoms with Crippen LogP contribution in [0, 0.1) is 5.92 Å². The first-order valence-electron chi connectivity index (χ1n) is 7.00. The third kappa shape index (κ3) is 4.40. The van der Waals surface area contributed by atoms with Crippen molar-refractivity contribution in [3.8, 4) is 5.75 Å². The smallest absolute Gasteiger partial charge is 0.406 e. The molecule has 0 heterocycles. The third-order valence-corrected chi connectivity index (χ3v) is 3.95. The first-order valence-corrected chi connectivity index (χ1v) is 7.00. The number of hydrogen-bond donors (Lipinski definition) is 1. The van der Waals surface area contributed by atoms with Crippen LogP contribution in [-0.2, 0) is 6.42 Å². The molecule has 1 N–H and O–H groups in total. The van der Waals surface area contributed by atoms with E-state index in [1.807, 2.05) is 7.05 Å². The molecular weight excluding hydrogens is 267 g/mol. The van der Waals surface area contributed by atoms with E-state index < -0.39 is 6.36 Å². The number of rotatable bonds is 5. The van der Waals surface area contributed by atoms with Gasteiger partial charge in [0.1, 0.15) is 5.75 Å². The molecule has 20 heavy (non-hydrogen) atoms. The molecule has 1 aromatic carbocycles. The Morgan fingerprint density at radius 3 is 2.30 bits per heavy atom. The minimum absolute atomic E-state index is 0.164. The van der Waals surface area contributed by atoms with Crippen molar-refractivity contribution in [2.45, 2.75) is 44.5 Å². The highest BCUT2D eigenvalue weighted by atomic mass is 19.4. The molecule has 1 atom stereocenters. The van der Waals surface area contributed by atoms with Crippen LogP contribution in [-0.4, -0.2) is 19.5 Å². The lowest BCUT2D eigenvalue weighted by Gasteiger charge is -2.23. The second kappa shape index (κ2) is 6.48. The Kier molecular flexibility index (Phi) is 4.91. The summed E-state index contributed by atoms with van der Waals surface area (Å²) in [6, 6.07) is 6.57. The van der Waals surface area contributed by atoms with Crippen LogP contribution in [0.4, 0.5) is 13.2 Å². The van der Waals surface area contributed by atoms with E-state index in [9.17, 15) is 13.2 Å². The molecule has 1 aliphatic rings. The molecule has 0 aliphatic heterocycles. The number of halogens is 3. The Hall–Kier alpha value is -1.23. The van der Waals surface area contributed by atoms with Gasteiger partial charge in [-0.3, -0.25) is 0 Å². The molecule has 0 spiro atoms. The van der Waals surface area contributed by atoms with Crippen LogP contribution in [0.15, 0.2) is 24.3 Å². The highest BCUT2D eigenvalue weighted by Crippen LogP contribution is 2.29. The van der Waals surface area contributed by atoms with Gasteiger partial charge in [-0.1, -0.05) is 25.0 Å². The molecule has 0 saturated heterocycles. The van der Waals surface area contributed by atoms with Crippen molar-refractivity contribution < 1.29 is 17.9 Å². The van der Waals surface area contributed by atoms with Crippen molar-refractivity contribution in [3.05, 3.63) is 29.8 Å². The number of benzene rings is 1. The van der Waals surface area contributed by atoms with E-state index in [2.05, 4.69) is 10.1 Å². The van der Waals surface area contributed by atoms with Crippen LogP contribution in [0.25, 0.3) is 0 Å². The zero-order valence-corrected chi connectivity index (χ0v) is 11.5. The van der Waals surface area contributed by atoms with E-state index >= 15 is 0 Å². The Labute approximate surface area is 117 Å². The van der Waals surface area contributed by atoms with Gasteiger partial charge < -0.3 is 10.1 Å². The zero-order valence-electron chi connectivity index (χ0n) is 11.5. The first kappa shape index (κ1) is 15.2. The van der Waals surface area contributed by atoms with E-state index in [0.717, 1.165) is 12.0 Å². The molecule has 2 nitrogen and oxygen atoms in total. The van der Waals surface area contributed by atoms with E-state index in [1.54, 1.807) is 12.1 Å². The van der Waals surface area contributed by atoms with Gasteiger partial charge in [-0.2, -0.15) is 0 Å². The van der Waals surface area contributed by atoms with Crippen molar-refractivity contribution in [3.63, 3.8) is 0 Å². The van der Waals surface area contributed by atoms with Gasteiger partial charge in [0.2, 0.25) is 0 Å². The molecule has 0 amide bonds. The number of hydrogen-bond acceptors (Lipinski definition) is 2. The van der Waals surface area contributed by atoms with Crippen molar-refractivity contribution >= 4 is 0 Å². The maximum Gasteiger partial charge on any atom is 0.573 e. The van der Waals surface area contributed by atoms with Crippen LogP contribution in [0.5, 0.6) is 5.75 Å². The molecule has 0 radical (unpaired) electrons. The lowest BCUT2D eigenvalue weighted by Crippen LogP contribution is -2.34. The number of likely N-dealkylation sites (N-methyl/N-ethyl adjacent to an activating group) is 1. The van der Waals surface area contributed by atoms with Crippen LogP contribution in [0.2, 0.25) is 0 Å². The summed E-state index contributed by atoms with van der Waals surface area (Å²) < 4.78 is 40.1. The molecular formula is C15H20F3NO. The summed E-state index contributed by atoms with van der Waals surface area (Å²) in [5.74, 6) is 0.509. The summed E-state index contributed by atoms with van der Waals surface area (Å²) in [4.78, 5) is 0. The predicted molar refractivity (Wildman–Crippen MR) is 71.6 cm³/mol. The summed E-state index contributed by atoms with van der Waals surface area (Å²) in [5, 5.41) is 3.33. The molecule has 0 bridgehead atoms. The summed E-state index contributed by atoms with van der Waals surface area (Å²) in [6.07, 6.45) is 1.25. The van der Waals surface area contributed by atoms with Gasteiger partial charge in [-0.05, 0) is 49.9 Å². The summed E-state index contributed by atoms with van der Waals surface area (Å²) in [7, 11) is 1.95. The minimum atomic E-state index is -4.63. The molecule has 1 saturated carbocycles. The molecule has 0 aromatic heterocycles. The average molecular weight is 287 g/mol. The van der Waals surface area contributed by atoms with Gasteiger partial charge in [-0.25, -0.2) is 0 Å². The van der Waals surface area contributed by atoms with Crippen molar-refractivity contribution in [1.82, 2.24) is 5.32 Å². The Balaban J connectivity index is 1.95. The van der Waals surface area contributed by atoms with E-state index in [1.165, 1.54) is 37.8 Å². The molecule has 1 aliphatic carbocycles. The summed E-state index contributed by atoms with van der Waals surface area (Å²) >= 11 is 0. The topological polar surface area (TPSA) is 21.3 Å². The summed E-state index contributed by atoms with van der Waals surface area (Å²) in [6.45, 7) is 0. The maximum absolute atomic E-state index is 12.1. The maximum atomic E-state index is 12.1. The predicted octanol–water partition coefficient (Wildman–Crippen LogP) is 3.91. The second-order valence-electron chi connectivity index (χ2n) is 5.34. The highest BCUT2D eigenvalue weighted by molar-refractivity contribution is 5.28. The Morgan fingerprint density at radius 2 is 1.80 bits per heavy atom. The standard InChI is InChI=1S/C15H20F3NO/c1-19-14(12-4-2-3-5-12)10-11-6-8-13(9-7-11)20-15(16,17)18/h6-9,12,14,19H,2-5,10H2,1H3. The van der Waals surface area contributed by atoms with Crippen molar-refractivity contribution in [1.29, 1.82) is 0 Å². The Morgan fingerprint density at radius 1 is 1.20 bits per heavy atom.